The molecule has 122 valence electrons. The van der Waals surface area contributed by atoms with Gasteiger partial charge in [0.1, 0.15) is 11.3 Å². The van der Waals surface area contributed by atoms with Gasteiger partial charge < -0.3 is 9.73 Å². The molecule has 4 nitrogen and oxygen atoms in total. The van der Waals surface area contributed by atoms with E-state index in [1.807, 2.05) is 55.5 Å². The highest BCUT2D eigenvalue weighted by Gasteiger charge is 2.15. The lowest BCUT2D eigenvalue weighted by atomic mass is 10.1. The number of amides is 1. The van der Waals surface area contributed by atoms with Gasteiger partial charge in [0.25, 0.3) is 0 Å². The molecule has 0 fully saturated rings. The lowest BCUT2D eigenvalue weighted by Crippen LogP contribution is -2.26. The van der Waals surface area contributed by atoms with Gasteiger partial charge in [0.2, 0.25) is 5.91 Å². The predicted octanol–water partition coefficient (Wildman–Crippen LogP) is 4.27. The number of benzene rings is 2. The molecule has 24 heavy (non-hydrogen) atoms. The number of para-hydroxylation sites is 1. The largest absolute Gasteiger partial charge is 0.459 e. The average molecular weight is 321 g/mol. The van der Waals surface area contributed by atoms with E-state index >= 15 is 0 Å². The lowest BCUT2D eigenvalue weighted by Gasteiger charge is -2.11. The maximum Gasteiger partial charge on any atom is 0.221 e. The van der Waals surface area contributed by atoms with E-state index in [2.05, 4.69) is 5.32 Å². The van der Waals surface area contributed by atoms with Crippen molar-refractivity contribution in [1.82, 2.24) is 5.32 Å². The highest BCUT2D eigenvalue weighted by Crippen LogP contribution is 2.23. The van der Waals surface area contributed by atoms with Crippen LogP contribution in [-0.4, -0.2) is 11.7 Å². The molecular weight excluding hydrogens is 302 g/mol. The summed E-state index contributed by atoms with van der Waals surface area (Å²) in [6.45, 7) is 1.87. The fourth-order valence-electron chi connectivity index (χ4n) is 2.60. The van der Waals surface area contributed by atoms with Gasteiger partial charge in [-0.1, -0.05) is 48.5 Å². The number of carbonyl (C=O) groups is 2. The van der Waals surface area contributed by atoms with Gasteiger partial charge in [0.05, 0.1) is 6.04 Å². The summed E-state index contributed by atoms with van der Waals surface area (Å²) < 4.78 is 5.74. The summed E-state index contributed by atoms with van der Waals surface area (Å²) in [5.41, 5.74) is 1.43. The third-order valence-electron chi connectivity index (χ3n) is 3.92. The van der Waals surface area contributed by atoms with Crippen molar-refractivity contribution >= 4 is 22.7 Å². The van der Waals surface area contributed by atoms with E-state index in [4.69, 9.17) is 4.42 Å². The molecule has 1 atom stereocenters. The summed E-state index contributed by atoms with van der Waals surface area (Å²) in [4.78, 5) is 24.1. The van der Waals surface area contributed by atoms with Crippen molar-refractivity contribution in [3.63, 3.8) is 0 Å². The Hall–Kier alpha value is -2.88. The number of ketones is 1. The van der Waals surface area contributed by atoms with Crippen molar-refractivity contribution in [1.29, 1.82) is 0 Å². The molecule has 0 spiro atoms. The van der Waals surface area contributed by atoms with E-state index in [1.165, 1.54) is 0 Å². The number of hydrogen-bond acceptors (Lipinski definition) is 3. The molecule has 0 saturated carbocycles. The number of furan rings is 1. The summed E-state index contributed by atoms with van der Waals surface area (Å²) in [6.07, 6.45) is 0.362. The van der Waals surface area contributed by atoms with Crippen molar-refractivity contribution in [2.75, 3.05) is 0 Å². The molecule has 0 aliphatic heterocycles. The van der Waals surface area contributed by atoms with Gasteiger partial charge >= 0.3 is 0 Å². The Labute approximate surface area is 140 Å². The number of carbonyl (C=O) groups excluding carboxylic acids is 2. The zero-order valence-corrected chi connectivity index (χ0v) is 13.5. The Kier molecular flexibility index (Phi) is 4.75. The highest BCUT2D eigenvalue weighted by molar-refractivity contribution is 5.97. The second kappa shape index (κ2) is 7.13. The smallest absolute Gasteiger partial charge is 0.221 e. The van der Waals surface area contributed by atoms with Crippen molar-refractivity contribution in [2.45, 2.75) is 25.8 Å². The van der Waals surface area contributed by atoms with Crippen LogP contribution in [0.1, 0.15) is 41.9 Å². The quantitative estimate of drug-likeness (QED) is 0.690. The van der Waals surface area contributed by atoms with E-state index in [9.17, 15) is 9.59 Å². The molecule has 3 aromatic rings. The van der Waals surface area contributed by atoms with Crippen LogP contribution in [0.2, 0.25) is 0 Å². The van der Waals surface area contributed by atoms with Gasteiger partial charge in [0.15, 0.2) is 5.78 Å². The number of Topliss-reactive ketones (excluding diaryl/α,β-unsaturated/α-hetero) is 1. The first kappa shape index (κ1) is 16.0. The van der Waals surface area contributed by atoms with Crippen LogP contribution < -0.4 is 5.32 Å². The molecular formula is C20H19NO3. The summed E-state index contributed by atoms with van der Waals surface area (Å²) in [6, 6.07) is 18.4. The summed E-state index contributed by atoms with van der Waals surface area (Å²) >= 11 is 0. The zero-order chi connectivity index (χ0) is 16.9. The summed E-state index contributed by atoms with van der Waals surface area (Å²) in [5, 5.41) is 3.89. The topological polar surface area (TPSA) is 59.3 Å². The van der Waals surface area contributed by atoms with Crippen LogP contribution in [-0.2, 0) is 4.79 Å². The van der Waals surface area contributed by atoms with Gasteiger partial charge in [-0.25, -0.2) is 0 Å². The minimum atomic E-state index is -0.239. The molecule has 3 rings (SSSR count). The van der Waals surface area contributed by atoms with E-state index in [1.54, 1.807) is 12.1 Å². The Morgan fingerprint density at radius 3 is 2.46 bits per heavy atom. The van der Waals surface area contributed by atoms with Gasteiger partial charge in [-0.15, -0.1) is 0 Å². The monoisotopic (exact) mass is 321 g/mol. The fourth-order valence-corrected chi connectivity index (χ4v) is 2.60. The van der Waals surface area contributed by atoms with Crippen LogP contribution in [0.15, 0.2) is 65.1 Å². The van der Waals surface area contributed by atoms with Crippen LogP contribution in [0.4, 0.5) is 0 Å². The van der Waals surface area contributed by atoms with Crippen molar-refractivity contribution in [2.24, 2.45) is 0 Å². The van der Waals surface area contributed by atoms with Crippen LogP contribution >= 0.6 is 0 Å². The Morgan fingerprint density at radius 2 is 1.71 bits per heavy atom. The van der Waals surface area contributed by atoms with Crippen LogP contribution in [0.5, 0.6) is 0 Å². The first-order chi connectivity index (χ1) is 11.6. The zero-order valence-electron chi connectivity index (χ0n) is 13.5. The van der Waals surface area contributed by atoms with E-state index in [0.29, 0.717) is 11.3 Å². The lowest BCUT2D eigenvalue weighted by molar-refractivity contribution is -0.121. The molecule has 1 heterocycles. The third-order valence-corrected chi connectivity index (χ3v) is 3.92. The molecule has 0 aliphatic carbocycles. The standard InChI is InChI=1S/C20H19NO3/c1-14(19-13-16-9-5-6-10-18(16)24-19)21-20(23)12-11-17(22)15-7-3-2-4-8-15/h2-10,13-14H,11-12H2,1H3,(H,21,23). The van der Waals surface area contributed by atoms with Crippen LogP contribution in [0.25, 0.3) is 11.0 Å². The Morgan fingerprint density at radius 1 is 1.00 bits per heavy atom. The number of fused-ring (bicyclic) bond motifs is 1. The third kappa shape index (κ3) is 3.71. The van der Waals surface area contributed by atoms with Gasteiger partial charge in [0, 0.05) is 23.8 Å². The summed E-state index contributed by atoms with van der Waals surface area (Å²) in [7, 11) is 0. The molecule has 1 aromatic heterocycles. The number of rotatable bonds is 6. The van der Waals surface area contributed by atoms with E-state index in [0.717, 1.165) is 11.0 Å². The minimum Gasteiger partial charge on any atom is -0.459 e. The van der Waals surface area contributed by atoms with Gasteiger partial charge in [-0.05, 0) is 19.1 Å². The second-order valence-electron chi connectivity index (χ2n) is 5.76. The molecule has 2 aromatic carbocycles. The first-order valence-corrected chi connectivity index (χ1v) is 7.99. The maximum absolute atomic E-state index is 12.1. The Bertz CT molecular complexity index is 818. The average Bonchev–Trinajstić information content (AvgIpc) is 3.05. The number of hydrogen-bond donors (Lipinski definition) is 1. The molecule has 4 heteroatoms. The van der Waals surface area contributed by atoms with E-state index in [-0.39, 0.29) is 30.6 Å². The number of nitrogens with one attached hydrogen (secondary N) is 1. The van der Waals surface area contributed by atoms with Gasteiger partial charge in [-0.3, -0.25) is 9.59 Å². The molecule has 0 radical (unpaired) electrons. The van der Waals surface area contributed by atoms with Crippen molar-refractivity contribution < 1.29 is 14.0 Å². The fraction of sp³-hybridized carbons (Fsp3) is 0.200. The van der Waals surface area contributed by atoms with Crippen molar-refractivity contribution in [3.05, 3.63) is 72.0 Å². The molecule has 1 amide bonds. The first-order valence-electron chi connectivity index (χ1n) is 7.99. The normalized spacial score (nSPS) is 12.0. The maximum atomic E-state index is 12.1. The summed E-state index contributed by atoms with van der Waals surface area (Å²) in [5.74, 6) is 0.522. The molecule has 0 saturated heterocycles. The predicted molar refractivity (Wildman–Crippen MR) is 92.8 cm³/mol. The van der Waals surface area contributed by atoms with Crippen LogP contribution in [0, 0.1) is 0 Å². The minimum absolute atomic E-state index is 0.0258. The molecule has 1 N–H and O–H groups in total. The Balaban J connectivity index is 1.55. The molecule has 0 bridgehead atoms. The van der Waals surface area contributed by atoms with Crippen LogP contribution in [0.3, 0.4) is 0 Å². The van der Waals surface area contributed by atoms with Crippen molar-refractivity contribution in [3.8, 4) is 0 Å². The van der Waals surface area contributed by atoms with Gasteiger partial charge in [-0.2, -0.15) is 0 Å². The SMILES string of the molecule is CC(NC(=O)CCC(=O)c1ccccc1)c1cc2ccccc2o1. The van der Waals surface area contributed by atoms with E-state index < -0.39 is 0 Å². The molecule has 1 unspecified atom stereocenters. The molecule has 0 aliphatic rings. The highest BCUT2D eigenvalue weighted by atomic mass is 16.3. The second-order valence-corrected chi connectivity index (χ2v) is 5.76.